The number of ether oxygens (including phenoxy) is 1. The van der Waals surface area contributed by atoms with Crippen molar-refractivity contribution >= 4 is 17.5 Å². The third-order valence-corrected chi connectivity index (χ3v) is 6.32. The molecule has 0 atom stereocenters. The number of anilines is 2. The molecule has 35 heavy (non-hydrogen) atoms. The molecule has 0 saturated carbocycles. The van der Waals surface area contributed by atoms with Crippen molar-refractivity contribution in [1.82, 2.24) is 24.4 Å². The molecule has 0 unspecified atom stereocenters. The van der Waals surface area contributed by atoms with Crippen LogP contribution in [0.25, 0.3) is 5.69 Å². The second kappa shape index (κ2) is 9.58. The monoisotopic (exact) mass is 468 g/mol. The fraction of sp³-hybridized carbons (Fsp3) is 0.259. The van der Waals surface area contributed by atoms with E-state index in [0.29, 0.717) is 31.9 Å². The van der Waals surface area contributed by atoms with Gasteiger partial charge in [-0.05, 0) is 48.9 Å². The average molecular weight is 469 g/mol. The number of carbonyl (C=O) groups excluding carboxylic acids is 1. The van der Waals surface area contributed by atoms with Gasteiger partial charge in [0, 0.05) is 62.2 Å². The Morgan fingerprint density at radius 3 is 2.69 bits per heavy atom. The topological polar surface area (TPSA) is 85.2 Å². The van der Waals surface area contributed by atoms with Crippen molar-refractivity contribution in [3.05, 3.63) is 89.3 Å². The number of hydrogen-bond donors (Lipinski definition) is 1. The molecule has 0 saturated heterocycles. The lowest BCUT2D eigenvalue weighted by molar-refractivity contribution is -0.129. The number of amides is 1. The van der Waals surface area contributed by atoms with Gasteiger partial charge in [0.05, 0.1) is 18.5 Å². The van der Waals surface area contributed by atoms with Crippen molar-refractivity contribution in [2.24, 2.45) is 0 Å². The molecular weight excluding hydrogens is 440 g/mol. The summed E-state index contributed by atoms with van der Waals surface area (Å²) in [7, 11) is 1.66. The fourth-order valence-electron chi connectivity index (χ4n) is 4.41. The number of carbonyl (C=O) groups is 1. The van der Waals surface area contributed by atoms with Crippen LogP contribution in [0.5, 0.6) is 5.75 Å². The lowest BCUT2D eigenvalue weighted by Crippen LogP contribution is -2.35. The van der Waals surface area contributed by atoms with E-state index in [-0.39, 0.29) is 5.91 Å². The summed E-state index contributed by atoms with van der Waals surface area (Å²) >= 11 is 0. The highest BCUT2D eigenvalue weighted by atomic mass is 16.5. The van der Waals surface area contributed by atoms with Crippen molar-refractivity contribution in [2.75, 3.05) is 19.0 Å². The Labute approximate surface area is 204 Å². The predicted molar refractivity (Wildman–Crippen MR) is 134 cm³/mol. The van der Waals surface area contributed by atoms with Crippen molar-refractivity contribution in [1.29, 1.82) is 0 Å². The molecule has 2 aromatic carbocycles. The van der Waals surface area contributed by atoms with E-state index in [1.807, 2.05) is 65.1 Å². The van der Waals surface area contributed by atoms with Crippen LogP contribution in [0.2, 0.25) is 0 Å². The highest BCUT2D eigenvalue weighted by Crippen LogP contribution is 2.26. The van der Waals surface area contributed by atoms with Gasteiger partial charge >= 0.3 is 0 Å². The Hall–Kier alpha value is -4.20. The molecule has 178 valence electrons. The van der Waals surface area contributed by atoms with Crippen LogP contribution >= 0.6 is 0 Å². The number of hydrogen-bond acceptors (Lipinski definition) is 6. The van der Waals surface area contributed by atoms with Crippen molar-refractivity contribution in [2.45, 2.75) is 33.2 Å². The summed E-state index contributed by atoms with van der Waals surface area (Å²) in [5, 5.41) is 3.37. The van der Waals surface area contributed by atoms with Gasteiger partial charge in [0.25, 0.3) is 0 Å². The van der Waals surface area contributed by atoms with Gasteiger partial charge in [-0.1, -0.05) is 12.1 Å². The Bertz CT molecular complexity index is 1360. The molecule has 1 N–H and O–H groups in total. The normalized spacial score (nSPS) is 12.8. The summed E-state index contributed by atoms with van der Waals surface area (Å²) in [5.74, 6) is 2.37. The minimum absolute atomic E-state index is 0.0680. The molecule has 1 aliphatic rings. The molecule has 4 aromatic rings. The molecule has 8 heteroatoms. The van der Waals surface area contributed by atoms with Gasteiger partial charge in [-0.3, -0.25) is 4.79 Å². The van der Waals surface area contributed by atoms with Crippen LogP contribution in [0.15, 0.2) is 60.9 Å². The maximum absolute atomic E-state index is 12.1. The molecule has 8 nitrogen and oxygen atoms in total. The quantitative estimate of drug-likeness (QED) is 0.456. The Kier molecular flexibility index (Phi) is 6.18. The Morgan fingerprint density at radius 2 is 1.97 bits per heavy atom. The number of aryl methyl sites for hydroxylation is 1. The summed E-state index contributed by atoms with van der Waals surface area (Å²) in [6.07, 6.45) is 5.07. The predicted octanol–water partition coefficient (Wildman–Crippen LogP) is 4.22. The maximum atomic E-state index is 12.1. The lowest BCUT2D eigenvalue weighted by atomic mass is 9.99. The fourth-order valence-corrected chi connectivity index (χ4v) is 4.41. The summed E-state index contributed by atoms with van der Waals surface area (Å²) in [6, 6.07) is 16.1. The van der Waals surface area contributed by atoms with Gasteiger partial charge in [0.15, 0.2) is 0 Å². The second-order valence-corrected chi connectivity index (χ2v) is 8.65. The van der Waals surface area contributed by atoms with Crippen LogP contribution in [-0.2, 0) is 24.2 Å². The number of benzene rings is 2. The van der Waals surface area contributed by atoms with E-state index in [9.17, 15) is 4.79 Å². The average Bonchev–Trinajstić information content (AvgIpc) is 3.30. The zero-order valence-corrected chi connectivity index (χ0v) is 20.2. The van der Waals surface area contributed by atoms with Gasteiger partial charge in [-0.2, -0.15) is 0 Å². The summed E-state index contributed by atoms with van der Waals surface area (Å²) < 4.78 is 7.43. The molecule has 1 amide bonds. The van der Waals surface area contributed by atoms with E-state index in [1.54, 1.807) is 20.2 Å². The first-order valence-electron chi connectivity index (χ1n) is 11.6. The van der Waals surface area contributed by atoms with Gasteiger partial charge in [-0.15, -0.1) is 0 Å². The lowest BCUT2D eigenvalue weighted by Gasteiger charge is -2.29. The first kappa shape index (κ1) is 22.6. The molecule has 3 heterocycles. The number of methoxy groups -OCH3 is 1. The highest BCUT2D eigenvalue weighted by Gasteiger charge is 2.24. The molecule has 0 fully saturated rings. The van der Waals surface area contributed by atoms with Crippen LogP contribution in [0.1, 0.15) is 35.3 Å². The summed E-state index contributed by atoms with van der Waals surface area (Å²) in [6.45, 7) is 4.78. The molecular formula is C27H28N6O2. The summed E-state index contributed by atoms with van der Waals surface area (Å²) in [5.41, 5.74) is 5.98. The second-order valence-electron chi connectivity index (χ2n) is 8.65. The maximum Gasteiger partial charge on any atom is 0.227 e. The zero-order valence-electron chi connectivity index (χ0n) is 20.2. The SMILES string of the molecule is COc1cccc(Cc2nc(Nc3ccc(-n4ccnc4C)cc3)nc3c2CN(C(C)=O)CC3)c1. The molecule has 1 aliphatic heterocycles. The first-order valence-corrected chi connectivity index (χ1v) is 11.6. The van der Waals surface area contributed by atoms with Crippen molar-refractivity contribution in [3.63, 3.8) is 0 Å². The van der Waals surface area contributed by atoms with Crippen LogP contribution in [0.4, 0.5) is 11.6 Å². The van der Waals surface area contributed by atoms with E-state index >= 15 is 0 Å². The number of imidazole rings is 1. The number of nitrogens with zero attached hydrogens (tertiary/aromatic N) is 5. The molecule has 0 bridgehead atoms. The van der Waals surface area contributed by atoms with E-state index in [0.717, 1.165) is 45.5 Å². The van der Waals surface area contributed by atoms with Crippen LogP contribution in [0, 0.1) is 6.92 Å². The molecule has 2 aromatic heterocycles. The van der Waals surface area contributed by atoms with Gasteiger partial charge < -0.3 is 19.5 Å². The third kappa shape index (κ3) is 4.87. The molecule has 5 rings (SSSR count). The smallest absolute Gasteiger partial charge is 0.227 e. The van der Waals surface area contributed by atoms with Crippen molar-refractivity contribution < 1.29 is 9.53 Å². The molecule has 0 aliphatic carbocycles. The standard InChI is InChI=1S/C27H28N6O2/c1-18-28-12-14-33(18)22-9-7-21(8-10-22)29-27-30-25-11-13-32(19(2)34)17-24(25)26(31-27)16-20-5-4-6-23(15-20)35-3/h4-10,12,14-15H,11,13,16-17H2,1-3H3,(H,29,30,31). The van der Waals surface area contributed by atoms with E-state index in [2.05, 4.69) is 16.4 Å². The van der Waals surface area contributed by atoms with Gasteiger partial charge in [0.2, 0.25) is 11.9 Å². The zero-order chi connectivity index (χ0) is 24.4. The largest absolute Gasteiger partial charge is 0.497 e. The number of aromatic nitrogens is 4. The van der Waals surface area contributed by atoms with Crippen LogP contribution < -0.4 is 10.1 Å². The Balaban J connectivity index is 1.45. The third-order valence-electron chi connectivity index (χ3n) is 6.32. The molecule has 0 radical (unpaired) electrons. The summed E-state index contributed by atoms with van der Waals surface area (Å²) in [4.78, 5) is 27.9. The van der Waals surface area contributed by atoms with Gasteiger partial charge in [0.1, 0.15) is 11.6 Å². The minimum Gasteiger partial charge on any atom is -0.497 e. The van der Waals surface area contributed by atoms with Crippen LogP contribution in [-0.4, -0.2) is 44.0 Å². The first-order chi connectivity index (χ1) is 17.0. The molecule has 0 spiro atoms. The number of nitrogens with one attached hydrogen (secondary N) is 1. The van der Waals surface area contributed by atoms with E-state index < -0.39 is 0 Å². The van der Waals surface area contributed by atoms with E-state index in [1.165, 1.54) is 0 Å². The van der Waals surface area contributed by atoms with Gasteiger partial charge in [-0.25, -0.2) is 15.0 Å². The minimum atomic E-state index is 0.0680. The number of rotatable bonds is 6. The number of fused-ring (bicyclic) bond motifs is 1. The van der Waals surface area contributed by atoms with Crippen molar-refractivity contribution in [3.8, 4) is 11.4 Å². The highest BCUT2D eigenvalue weighted by molar-refractivity contribution is 5.73. The van der Waals surface area contributed by atoms with Crippen LogP contribution in [0.3, 0.4) is 0 Å². The van der Waals surface area contributed by atoms with E-state index in [4.69, 9.17) is 14.7 Å². The Morgan fingerprint density at radius 1 is 1.14 bits per heavy atom.